The fourth-order valence-electron chi connectivity index (χ4n) is 2.50. The van der Waals surface area contributed by atoms with Gasteiger partial charge in [-0.25, -0.2) is 0 Å². The van der Waals surface area contributed by atoms with Crippen molar-refractivity contribution in [1.29, 1.82) is 0 Å². The highest BCUT2D eigenvalue weighted by atomic mass is 16.5. The van der Waals surface area contributed by atoms with Gasteiger partial charge in [0.05, 0.1) is 13.2 Å². The van der Waals surface area contributed by atoms with E-state index in [1.54, 1.807) is 0 Å². The summed E-state index contributed by atoms with van der Waals surface area (Å²) < 4.78 is 5.60. The topological polar surface area (TPSA) is 24.5 Å². The average Bonchev–Trinajstić information content (AvgIpc) is 3.15. The predicted molar refractivity (Wildman–Crippen MR) is 71.2 cm³/mol. The highest BCUT2D eigenvalue weighted by Crippen LogP contribution is 2.33. The van der Waals surface area contributed by atoms with Crippen LogP contribution in [0.3, 0.4) is 0 Å². The Bertz CT molecular complexity index is 228. The van der Waals surface area contributed by atoms with Crippen LogP contribution in [-0.2, 0) is 4.74 Å². The van der Waals surface area contributed by atoms with Crippen LogP contribution in [0.2, 0.25) is 0 Å². The van der Waals surface area contributed by atoms with Crippen molar-refractivity contribution in [2.45, 2.75) is 31.7 Å². The van der Waals surface area contributed by atoms with Gasteiger partial charge in [-0.15, -0.1) is 6.58 Å². The summed E-state index contributed by atoms with van der Waals surface area (Å²) >= 11 is 0. The number of hydrogen-bond donors (Lipinski definition) is 1. The van der Waals surface area contributed by atoms with Crippen LogP contribution in [0.1, 0.15) is 25.7 Å². The van der Waals surface area contributed by atoms with Gasteiger partial charge in [-0.1, -0.05) is 6.08 Å². The minimum atomic E-state index is 0.741. The van der Waals surface area contributed by atoms with E-state index >= 15 is 0 Å². The van der Waals surface area contributed by atoms with E-state index in [4.69, 9.17) is 4.74 Å². The molecular formula is C14H26N2O. The summed E-state index contributed by atoms with van der Waals surface area (Å²) in [5.41, 5.74) is 0. The van der Waals surface area contributed by atoms with Crippen molar-refractivity contribution < 1.29 is 4.74 Å². The molecule has 1 heterocycles. The molecule has 2 aliphatic rings. The van der Waals surface area contributed by atoms with Crippen molar-refractivity contribution in [3.63, 3.8) is 0 Å². The van der Waals surface area contributed by atoms with Crippen LogP contribution in [0.25, 0.3) is 0 Å². The fourth-order valence-corrected chi connectivity index (χ4v) is 2.50. The number of rotatable bonds is 7. The smallest absolute Gasteiger partial charge is 0.0593 e. The molecule has 0 amide bonds. The number of ether oxygens (including phenoxy) is 1. The lowest BCUT2D eigenvalue weighted by atomic mass is 10.2. The predicted octanol–water partition coefficient (Wildman–Crippen LogP) is 1.65. The highest BCUT2D eigenvalue weighted by molar-refractivity contribution is 4.89. The first kappa shape index (κ1) is 13.1. The quantitative estimate of drug-likeness (QED) is 0.539. The molecule has 0 spiro atoms. The Hall–Kier alpha value is -0.380. The van der Waals surface area contributed by atoms with Crippen molar-refractivity contribution in [2.24, 2.45) is 5.92 Å². The molecule has 17 heavy (non-hydrogen) atoms. The van der Waals surface area contributed by atoms with Gasteiger partial charge < -0.3 is 10.1 Å². The molecule has 1 aliphatic heterocycles. The van der Waals surface area contributed by atoms with E-state index in [9.17, 15) is 0 Å². The average molecular weight is 238 g/mol. The van der Waals surface area contributed by atoms with E-state index < -0.39 is 0 Å². The molecule has 0 bridgehead atoms. The van der Waals surface area contributed by atoms with Gasteiger partial charge in [-0.3, -0.25) is 4.90 Å². The normalized spacial score (nSPS) is 26.7. The molecule has 0 radical (unpaired) electrons. The Labute approximate surface area is 105 Å². The summed E-state index contributed by atoms with van der Waals surface area (Å²) in [4.78, 5) is 2.57. The number of nitrogens with one attached hydrogen (secondary N) is 1. The Morgan fingerprint density at radius 3 is 3.00 bits per heavy atom. The van der Waals surface area contributed by atoms with Gasteiger partial charge in [-0.05, 0) is 44.7 Å². The molecule has 0 aromatic carbocycles. The number of nitrogens with zero attached hydrogens (tertiary/aromatic N) is 1. The van der Waals surface area contributed by atoms with E-state index in [0.29, 0.717) is 0 Å². The van der Waals surface area contributed by atoms with Gasteiger partial charge in [0.1, 0.15) is 0 Å². The van der Waals surface area contributed by atoms with Crippen molar-refractivity contribution in [2.75, 3.05) is 39.4 Å². The minimum absolute atomic E-state index is 0.741. The standard InChI is InChI=1S/C14H26N2O/c1-2-3-10-17-11-9-16-8-4-7-15-14(12-16)13-5-6-13/h2,13-15H,1,3-12H2. The van der Waals surface area contributed by atoms with E-state index in [0.717, 1.165) is 38.1 Å². The maximum absolute atomic E-state index is 5.60. The summed E-state index contributed by atoms with van der Waals surface area (Å²) in [6.45, 7) is 10.1. The van der Waals surface area contributed by atoms with Gasteiger partial charge in [0, 0.05) is 19.1 Å². The third kappa shape index (κ3) is 4.78. The van der Waals surface area contributed by atoms with E-state index in [-0.39, 0.29) is 0 Å². The molecule has 1 N–H and O–H groups in total. The lowest BCUT2D eigenvalue weighted by Crippen LogP contribution is -2.40. The molecular weight excluding hydrogens is 212 g/mol. The molecule has 0 aromatic heterocycles. The van der Waals surface area contributed by atoms with Gasteiger partial charge in [0.15, 0.2) is 0 Å². The zero-order valence-corrected chi connectivity index (χ0v) is 10.9. The molecule has 1 aliphatic carbocycles. The molecule has 1 unspecified atom stereocenters. The molecule has 98 valence electrons. The van der Waals surface area contributed by atoms with E-state index in [2.05, 4.69) is 16.8 Å². The third-order valence-electron chi connectivity index (χ3n) is 3.72. The first-order valence-electron chi connectivity index (χ1n) is 7.04. The minimum Gasteiger partial charge on any atom is -0.380 e. The van der Waals surface area contributed by atoms with Crippen molar-refractivity contribution >= 4 is 0 Å². The summed E-state index contributed by atoms with van der Waals surface area (Å²) in [5.74, 6) is 0.956. The van der Waals surface area contributed by atoms with Gasteiger partial charge in [0.25, 0.3) is 0 Å². The van der Waals surface area contributed by atoms with Gasteiger partial charge >= 0.3 is 0 Å². The van der Waals surface area contributed by atoms with Crippen molar-refractivity contribution in [1.82, 2.24) is 10.2 Å². The first-order chi connectivity index (χ1) is 8.40. The summed E-state index contributed by atoms with van der Waals surface area (Å²) in [7, 11) is 0. The van der Waals surface area contributed by atoms with E-state index in [1.807, 2.05) is 6.08 Å². The molecule has 2 rings (SSSR count). The van der Waals surface area contributed by atoms with Crippen LogP contribution in [-0.4, -0.2) is 50.3 Å². The Morgan fingerprint density at radius 2 is 2.24 bits per heavy atom. The second kappa shape index (κ2) is 7.14. The maximum Gasteiger partial charge on any atom is 0.0593 e. The van der Waals surface area contributed by atoms with E-state index in [1.165, 1.54) is 38.9 Å². The molecule has 2 fully saturated rings. The largest absolute Gasteiger partial charge is 0.380 e. The zero-order valence-electron chi connectivity index (χ0n) is 10.9. The summed E-state index contributed by atoms with van der Waals surface area (Å²) in [6.07, 6.45) is 7.02. The summed E-state index contributed by atoms with van der Waals surface area (Å²) in [6, 6.07) is 0.741. The van der Waals surface area contributed by atoms with Crippen LogP contribution < -0.4 is 5.32 Å². The number of hydrogen-bond acceptors (Lipinski definition) is 3. The maximum atomic E-state index is 5.60. The second-order valence-electron chi connectivity index (χ2n) is 5.24. The van der Waals surface area contributed by atoms with Crippen molar-refractivity contribution in [3.05, 3.63) is 12.7 Å². The lowest BCUT2D eigenvalue weighted by Gasteiger charge is -2.24. The van der Waals surface area contributed by atoms with Crippen LogP contribution in [0, 0.1) is 5.92 Å². The Balaban J connectivity index is 1.62. The van der Waals surface area contributed by atoms with Crippen LogP contribution in [0.4, 0.5) is 0 Å². The molecule has 0 aromatic rings. The molecule has 1 saturated carbocycles. The van der Waals surface area contributed by atoms with Crippen LogP contribution in [0.5, 0.6) is 0 Å². The highest BCUT2D eigenvalue weighted by Gasteiger charge is 2.32. The Morgan fingerprint density at radius 1 is 1.35 bits per heavy atom. The van der Waals surface area contributed by atoms with Crippen LogP contribution in [0.15, 0.2) is 12.7 Å². The fraction of sp³-hybridized carbons (Fsp3) is 0.857. The SMILES string of the molecule is C=CCCOCCN1CCCNC(C2CC2)C1. The molecule has 3 heteroatoms. The monoisotopic (exact) mass is 238 g/mol. The zero-order chi connectivity index (χ0) is 11.9. The molecule has 1 saturated heterocycles. The van der Waals surface area contributed by atoms with Gasteiger partial charge in [0.2, 0.25) is 0 Å². The van der Waals surface area contributed by atoms with Crippen LogP contribution >= 0.6 is 0 Å². The summed E-state index contributed by atoms with van der Waals surface area (Å²) in [5, 5.41) is 3.69. The second-order valence-corrected chi connectivity index (χ2v) is 5.24. The first-order valence-corrected chi connectivity index (χ1v) is 7.04. The third-order valence-corrected chi connectivity index (χ3v) is 3.72. The Kier molecular flexibility index (Phi) is 5.49. The molecule has 3 nitrogen and oxygen atoms in total. The van der Waals surface area contributed by atoms with Crippen molar-refractivity contribution in [3.8, 4) is 0 Å². The van der Waals surface area contributed by atoms with Gasteiger partial charge in [-0.2, -0.15) is 0 Å². The lowest BCUT2D eigenvalue weighted by molar-refractivity contribution is 0.105. The molecule has 1 atom stereocenters.